The summed E-state index contributed by atoms with van der Waals surface area (Å²) in [6.45, 7) is 4.31. The molecule has 1 unspecified atom stereocenters. The first-order valence-corrected chi connectivity index (χ1v) is 5.20. The average Bonchev–Trinajstić information content (AvgIpc) is 2.20. The van der Waals surface area contributed by atoms with Crippen molar-refractivity contribution in [3.8, 4) is 0 Å². The van der Waals surface area contributed by atoms with Crippen LogP contribution in [0.15, 0.2) is 0 Å². The molecule has 0 aromatic heterocycles. The van der Waals surface area contributed by atoms with E-state index in [2.05, 4.69) is 10.6 Å². The third kappa shape index (κ3) is 8.19. The number of carbonyl (C=O) groups is 2. The van der Waals surface area contributed by atoms with E-state index in [9.17, 15) is 9.59 Å². The van der Waals surface area contributed by atoms with Crippen LogP contribution in [0.2, 0.25) is 0 Å². The van der Waals surface area contributed by atoms with Crippen molar-refractivity contribution in [2.75, 3.05) is 20.2 Å². The number of hydrogen-bond acceptors (Lipinski definition) is 4. The summed E-state index contributed by atoms with van der Waals surface area (Å²) >= 11 is 0. The molecule has 0 aliphatic carbocycles. The molecule has 1 atom stereocenters. The van der Waals surface area contributed by atoms with Crippen LogP contribution in [0, 0.1) is 0 Å². The average molecular weight is 232 g/mol. The fourth-order valence-electron chi connectivity index (χ4n) is 1.02. The zero-order valence-corrected chi connectivity index (χ0v) is 9.95. The molecule has 0 bridgehead atoms. The van der Waals surface area contributed by atoms with Gasteiger partial charge in [0.2, 0.25) is 5.91 Å². The van der Waals surface area contributed by atoms with Crippen LogP contribution < -0.4 is 10.6 Å². The monoisotopic (exact) mass is 232 g/mol. The highest BCUT2D eigenvalue weighted by Gasteiger charge is 2.13. The highest BCUT2D eigenvalue weighted by Crippen LogP contribution is 1.95. The fraction of sp³-hybridized carbons (Fsp3) is 0.800. The Kier molecular flexibility index (Phi) is 7.49. The number of carboxylic acid groups (broad SMARTS) is 1. The molecule has 0 rings (SSSR count). The van der Waals surface area contributed by atoms with Gasteiger partial charge in [-0.1, -0.05) is 13.8 Å². The van der Waals surface area contributed by atoms with Crippen molar-refractivity contribution in [3.05, 3.63) is 0 Å². The Balaban J connectivity index is 3.75. The topological polar surface area (TPSA) is 87.7 Å². The largest absolute Gasteiger partial charge is 0.481 e. The second-order valence-electron chi connectivity index (χ2n) is 3.80. The summed E-state index contributed by atoms with van der Waals surface area (Å²) in [4.78, 5) is 21.7. The maximum atomic E-state index is 11.3. The molecular formula is C10H20N2O4. The van der Waals surface area contributed by atoms with E-state index in [1.807, 2.05) is 13.8 Å². The van der Waals surface area contributed by atoms with Crippen molar-refractivity contribution >= 4 is 11.9 Å². The summed E-state index contributed by atoms with van der Waals surface area (Å²) in [6.07, 6.45) is -0.602. The minimum atomic E-state index is -0.943. The Hall–Kier alpha value is -1.14. The van der Waals surface area contributed by atoms with E-state index in [0.29, 0.717) is 0 Å². The zero-order chi connectivity index (χ0) is 12.6. The molecule has 94 valence electrons. The standard InChI is InChI=1S/C10H20N2O4/c1-7(2)11-6-9(13)12-5-8(16-3)4-10(14)15/h7-8,11H,4-6H2,1-3H3,(H,12,13)(H,14,15). The van der Waals surface area contributed by atoms with E-state index < -0.39 is 12.1 Å². The molecule has 3 N–H and O–H groups in total. The number of methoxy groups -OCH3 is 1. The summed E-state index contributed by atoms with van der Waals surface area (Å²) in [5.74, 6) is -1.11. The predicted octanol–water partition coefficient (Wildman–Crippen LogP) is -0.410. The van der Waals surface area contributed by atoms with Crippen molar-refractivity contribution in [2.24, 2.45) is 0 Å². The number of nitrogens with one attached hydrogen (secondary N) is 2. The fourth-order valence-corrected chi connectivity index (χ4v) is 1.02. The lowest BCUT2D eigenvalue weighted by molar-refractivity contribution is -0.140. The molecule has 0 heterocycles. The number of rotatable bonds is 8. The van der Waals surface area contributed by atoms with Gasteiger partial charge in [-0.05, 0) is 0 Å². The lowest BCUT2D eigenvalue weighted by Gasteiger charge is -2.14. The van der Waals surface area contributed by atoms with Crippen molar-refractivity contribution in [2.45, 2.75) is 32.4 Å². The van der Waals surface area contributed by atoms with Gasteiger partial charge in [-0.25, -0.2) is 0 Å². The predicted molar refractivity (Wildman–Crippen MR) is 59.2 cm³/mol. The Morgan fingerprint density at radius 3 is 2.44 bits per heavy atom. The molecule has 1 amide bonds. The second-order valence-corrected chi connectivity index (χ2v) is 3.80. The first-order chi connectivity index (χ1) is 7.45. The van der Waals surface area contributed by atoms with Gasteiger partial charge in [0.05, 0.1) is 19.1 Å². The second kappa shape index (κ2) is 8.06. The third-order valence-corrected chi connectivity index (χ3v) is 1.93. The lowest BCUT2D eigenvalue weighted by atomic mass is 10.2. The van der Waals surface area contributed by atoms with Gasteiger partial charge in [-0.15, -0.1) is 0 Å². The maximum Gasteiger partial charge on any atom is 0.306 e. The summed E-state index contributed by atoms with van der Waals surface area (Å²) in [5.41, 5.74) is 0. The van der Waals surface area contributed by atoms with Crippen molar-refractivity contribution < 1.29 is 19.4 Å². The van der Waals surface area contributed by atoms with Gasteiger partial charge in [-0.3, -0.25) is 9.59 Å². The number of hydrogen-bond donors (Lipinski definition) is 3. The molecule has 0 saturated heterocycles. The molecular weight excluding hydrogens is 212 g/mol. The Morgan fingerprint density at radius 1 is 1.38 bits per heavy atom. The SMILES string of the molecule is COC(CNC(=O)CNC(C)C)CC(=O)O. The summed E-state index contributed by atoms with van der Waals surface area (Å²) in [7, 11) is 1.42. The van der Waals surface area contributed by atoms with Crippen LogP contribution in [0.3, 0.4) is 0 Å². The van der Waals surface area contributed by atoms with Crippen LogP contribution in [0.25, 0.3) is 0 Å². The molecule has 0 aromatic carbocycles. The third-order valence-electron chi connectivity index (χ3n) is 1.93. The molecule has 0 spiro atoms. The first kappa shape index (κ1) is 14.9. The van der Waals surface area contributed by atoms with Crippen LogP contribution in [0.4, 0.5) is 0 Å². The summed E-state index contributed by atoms with van der Waals surface area (Å²) < 4.78 is 4.92. The normalized spacial score (nSPS) is 12.5. The number of carbonyl (C=O) groups excluding carboxylic acids is 1. The molecule has 0 aliphatic rings. The van der Waals surface area contributed by atoms with Crippen molar-refractivity contribution in [1.29, 1.82) is 0 Å². The summed E-state index contributed by atoms with van der Waals surface area (Å²) in [5, 5.41) is 14.1. The van der Waals surface area contributed by atoms with Crippen LogP contribution in [0.5, 0.6) is 0 Å². The minimum Gasteiger partial charge on any atom is -0.481 e. The molecule has 16 heavy (non-hydrogen) atoms. The van der Waals surface area contributed by atoms with Gasteiger partial charge in [0.25, 0.3) is 0 Å². The number of carboxylic acids is 1. The minimum absolute atomic E-state index is 0.117. The van der Waals surface area contributed by atoms with E-state index in [1.165, 1.54) is 7.11 Å². The van der Waals surface area contributed by atoms with E-state index in [-0.39, 0.29) is 31.5 Å². The molecule has 6 heteroatoms. The van der Waals surface area contributed by atoms with Crippen molar-refractivity contribution in [1.82, 2.24) is 10.6 Å². The number of amides is 1. The van der Waals surface area contributed by atoms with E-state index in [1.54, 1.807) is 0 Å². The van der Waals surface area contributed by atoms with Crippen LogP contribution in [0.1, 0.15) is 20.3 Å². The molecule has 0 aliphatic heterocycles. The van der Waals surface area contributed by atoms with Gasteiger partial charge >= 0.3 is 5.97 Å². The molecule has 6 nitrogen and oxygen atoms in total. The van der Waals surface area contributed by atoms with Gasteiger partial charge in [0, 0.05) is 19.7 Å². The number of ether oxygens (including phenoxy) is 1. The van der Waals surface area contributed by atoms with E-state index in [0.717, 1.165) is 0 Å². The van der Waals surface area contributed by atoms with Gasteiger partial charge in [0.15, 0.2) is 0 Å². The molecule has 0 fully saturated rings. The first-order valence-electron chi connectivity index (χ1n) is 5.20. The van der Waals surface area contributed by atoms with Crippen LogP contribution in [-0.2, 0) is 14.3 Å². The Bertz CT molecular complexity index is 231. The van der Waals surface area contributed by atoms with Gasteiger partial charge in [0.1, 0.15) is 0 Å². The molecule has 0 radical (unpaired) electrons. The quantitative estimate of drug-likeness (QED) is 0.529. The van der Waals surface area contributed by atoms with E-state index in [4.69, 9.17) is 9.84 Å². The van der Waals surface area contributed by atoms with Crippen LogP contribution in [-0.4, -0.2) is 49.3 Å². The molecule has 0 saturated carbocycles. The highest BCUT2D eigenvalue weighted by molar-refractivity contribution is 5.78. The maximum absolute atomic E-state index is 11.3. The lowest BCUT2D eigenvalue weighted by Crippen LogP contribution is -2.40. The van der Waals surface area contributed by atoms with Crippen molar-refractivity contribution in [3.63, 3.8) is 0 Å². The van der Waals surface area contributed by atoms with Crippen LogP contribution >= 0.6 is 0 Å². The van der Waals surface area contributed by atoms with Gasteiger partial charge in [-0.2, -0.15) is 0 Å². The highest BCUT2D eigenvalue weighted by atomic mass is 16.5. The Morgan fingerprint density at radius 2 is 2.00 bits per heavy atom. The summed E-state index contributed by atoms with van der Waals surface area (Å²) in [6, 6.07) is 0.239. The number of aliphatic carboxylic acids is 1. The smallest absolute Gasteiger partial charge is 0.306 e. The Labute approximate surface area is 95.4 Å². The molecule has 0 aromatic rings. The van der Waals surface area contributed by atoms with Gasteiger partial charge < -0.3 is 20.5 Å². The zero-order valence-electron chi connectivity index (χ0n) is 9.95. The van der Waals surface area contributed by atoms with E-state index >= 15 is 0 Å².